The molecule has 0 aliphatic carbocycles. The van der Waals surface area contributed by atoms with Crippen LogP contribution < -0.4 is 10.6 Å². The number of rotatable bonds is 5. The molecule has 1 fully saturated rings. The summed E-state index contributed by atoms with van der Waals surface area (Å²) in [6.45, 7) is 5.96. The molecule has 1 aliphatic heterocycles. The zero-order chi connectivity index (χ0) is 13.7. The van der Waals surface area contributed by atoms with Gasteiger partial charge in [-0.1, -0.05) is 43.7 Å². The third-order valence-corrected chi connectivity index (χ3v) is 4.10. The molecule has 104 valence electrons. The van der Waals surface area contributed by atoms with E-state index in [1.165, 1.54) is 0 Å². The molecule has 0 spiro atoms. The Bertz CT molecular complexity index is 410. The van der Waals surface area contributed by atoms with Crippen LogP contribution in [0.4, 0.5) is 0 Å². The summed E-state index contributed by atoms with van der Waals surface area (Å²) < 4.78 is 0. The van der Waals surface area contributed by atoms with Crippen LogP contribution in [-0.4, -0.2) is 19.0 Å². The van der Waals surface area contributed by atoms with Gasteiger partial charge in [0.15, 0.2) is 0 Å². The maximum absolute atomic E-state index is 12.6. The third kappa shape index (κ3) is 3.16. The number of benzene rings is 1. The largest absolute Gasteiger partial charge is 0.349 e. The van der Waals surface area contributed by atoms with Crippen molar-refractivity contribution in [1.29, 1.82) is 0 Å². The summed E-state index contributed by atoms with van der Waals surface area (Å²) in [5.41, 5.74) is 0.964. The Kier molecular flexibility index (Phi) is 4.59. The van der Waals surface area contributed by atoms with Gasteiger partial charge in [0, 0.05) is 6.54 Å². The molecule has 0 bridgehead atoms. The van der Waals surface area contributed by atoms with E-state index in [9.17, 15) is 4.79 Å². The van der Waals surface area contributed by atoms with Crippen LogP contribution in [0.1, 0.15) is 44.7 Å². The van der Waals surface area contributed by atoms with Crippen LogP contribution in [0.15, 0.2) is 30.3 Å². The molecular formula is C16H24N2O. The zero-order valence-electron chi connectivity index (χ0n) is 11.9. The number of hydrogen-bond donors (Lipinski definition) is 2. The second-order valence-corrected chi connectivity index (χ2v) is 5.56. The van der Waals surface area contributed by atoms with E-state index in [2.05, 4.69) is 36.6 Å². The Morgan fingerprint density at radius 3 is 2.74 bits per heavy atom. The van der Waals surface area contributed by atoms with Crippen molar-refractivity contribution < 1.29 is 4.79 Å². The monoisotopic (exact) mass is 260 g/mol. The number of amides is 1. The second kappa shape index (κ2) is 6.20. The number of hydrogen-bond acceptors (Lipinski definition) is 2. The summed E-state index contributed by atoms with van der Waals surface area (Å²) in [6, 6.07) is 10.2. The lowest BCUT2D eigenvalue weighted by Crippen LogP contribution is -2.43. The standard InChI is InChI=1S/C16H24N2O/c1-3-9-16(10-11-17-12-16)15(19)18-13(2)14-7-5-4-6-8-14/h4-8,13,17H,3,9-12H2,1-2H3,(H,18,19)/t13-,16?/m0/s1. The Morgan fingerprint density at radius 1 is 1.42 bits per heavy atom. The van der Waals surface area contributed by atoms with Gasteiger partial charge in [-0.25, -0.2) is 0 Å². The van der Waals surface area contributed by atoms with Crippen LogP contribution in [-0.2, 0) is 4.79 Å². The predicted octanol–water partition coefficient (Wildman–Crippen LogP) is 2.64. The first-order valence-electron chi connectivity index (χ1n) is 7.24. The number of nitrogens with one attached hydrogen (secondary N) is 2. The first-order valence-corrected chi connectivity index (χ1v) is 7.24. The molecule has 0 saturated carbocycles. The normalized spacial score (nSPS) is 24.1. The molecule has 1 amide bonds. The number of carbonyl (C=O) groups excluding carboxylic acids is 1. The maximum Gasteiger partial charge on any atom is 0.228 e. The summed E-state index contributed by atoms with van der Waals surface area (Å²) >= 11 is 0. The Hall–Kier alpha value is -1.35. The summed E-state index contributed by atoms with van der Waals surface area (Å²) in [5.74, 6) is 0.204. The van der Waals surface area contributed by atoms with Gasteiger partial charge >= 0.3 is 0 Å². The van der Waals surface area contributed by atoms with E-state index in [0.717, 1.165) is 37.9 Å². The average Bonchev–Trinajstić information content (AvgIpc) is 2.90. The Labute approximate surface area is 115 Å². The summed E-state index contributed by atoms with van der Waals surface area (Å²) in [5, 5.41) is 6.52. The highest BCUT2D eigenvalue weighted by Crippen LogP contribution is 2.32. The van der Waals surface area contributed by atoms with Crippen molar-refractivity contribution >= 4 is 5.91 Å². The van der Waals surface area contributed by atoms with Crippen molar-refractivity contribution in [2.45, 2.75) is 39.2 Å². The van der Waals surface area contributed by atoms with Gasteiger partial charge in [-0.2, -0.15) is 0 Å². The number of carbonyl (C=O) groups is 1. The molecule has 2 rings (SSSR count). The van der Waals surface area contributed by atoms with Gasteiger partial charge in [-0.05, 0) is 31.9 Å². The SMILES string of the molecule is CCCC1(C(=O)N[C@@H](C)c2ccccc2)CCNC1. The average molecular weight is 260 g/mol. The quantitative estimate of drug-likeness (QED) is 0.854. The van der Waals surface area contributed by atoms with Crippen molar-refractivity contribution in [1.82, 2.24) is 10.6 Å². The summed E-state index contributed by atoms with van der Waals surface area (Å²) in [7, 11) is 0. The fourth-order valence-corrected chi connectivity index (χ4v) is 2.92. The van der Waals surface area contributed by atoms with Crippen molar-refractivity contribution in [3.8, 4) is 0 Å². The van der Waals surface area contributed by atoms with Crippen LogP contribution in [0.3, 0.4) is 0 Å². The minimum absolute atomic E-state index is 0.0723. The van der Waals surface area contributed by atoms with E-state index in [4.69, 9.17) is 0 Å². The maximum atomic E-state index is 12.6. The Balaban J connectivity index is 2.03. The zero-order valence-corrected chi connectivity index (χ0v) is 11.9. The smallest absolute Gasteiger partial charge is 0.228 e. The lowest BCUT2D eigenvalue weighted by Gasteiger charge is -2.28. The minimum atomic E-state index is -0.197. The Morgan fingerprint density at radius 2 is 2.16 bits per heavy atom. The molecular weight excluding hydrogens is 236 g/mol. The summed E-state index contributed by atoms with van der Waals surface area (Å²) in [6.07, 6.45) is 2.97. The van der Waals surface area contributed by atoms with Crippen LogP contribution in [0.2, 0.25) is 0 Å². The summed E-state index contributed by atoms with van der Waals surface area (Å²) in [4.78, 5) is 12.6. The van der Waals surface area contributed by atoms with Crippen molar-refractivity contribution in [3.63, 3.8) is 0 Å². The second-order valence-electron chi connectivity index (χ2n) is 5.56. The molecule has 1 aromatic rings. The van der Waals surface area contributed by atoms with Crippen LogP contribution >= 0.6 is 0 Å². The lowest BCUT2D eigenvalue weighted by molar-refractivity contribution is -0.131. The van der Waals surface area contributed by atoms with Gasteiger partial charge in [0.2, 0.25) is 5.91 Å². The van der Waals surface area contributed by atoms with Crippen molar-refractivity contribution in [3.05, 3.63) is 35.9 Å². The third-order valence-electron chi connectivity index (χ3n) is 4.10. The van der Waals surface area contributed by atoms with Gasteiger partial charge in [0.25, 0.3) is 0 Å². The fourth-order valence-electron chi connectivity index (χ4n) is 2.92. The first kappa shape index (κ1) is 14.1. The lowest BCUT2D eigenvalue weighted by atomic mass is 9.81. The first-order chi connectivity index (χ1) is 9.18. The van der Waals surface area contributed by atoms with Gasteiger partial charge in [-0.3, -0.25) is 4.79 Å². The van der Waals surface area contributed by atoms with E-state index in [1.807, 2.05) is 18.2 Å². The van der Waals surface area contributed by atoms with Crippen LogP contribution in [0.5, 0.6) is 0 Å². The minimum Gasteiger partial charge on any atom is -0.349 e. The predicted molar refractivity (Wildman–Crippen MR) is 77.8 cm³/mol. The van der Waals surface area contributed by atoms with Crippen LogP contribution in [0.25, 0.3) is 0 Å². The highest BCUT2D eigenvalue weighted by molar-refractivity contribution is 5.83. The molecule has 2 atom stereocenters. The molecule has 3 heteroatoms. The van der Waals surface area contributed by atoms with E-state index >= 15 is 0 Å². The molecule has 1 unspecified atom stereocenters. The van der Waals surface area contributed by atoms with E-state index in [1.54, 1.807) is 0 Å². The van der Waals surface area contributed by atoms with Crippen molar-refractivity contribution in [2.24, 2.45) is 5.41 Å². The van der Waals surface area contributed by atoms with Crippen molar-refractivity contribution in [2.75, 3.05) is 13.1 Å². The molecule has 1 saturated heterocycles. The highest BCUT2D eigenvalue weighted by Gasteiger charge is 2.40. The topological polar surface area (TPSA) is 41.1 Å². The van der Waals surface area contributed by atoms with E-state index in [-0.39, 0.29) is 17.4 Å². The van der Waals surface area contributed by atoms with Gasteiger partial charge in [0.1, 0.15) is 0 Å². The molecule has 3 nitrogen and oxygen atoms in total. The highest BCUT2D eigenvalue weighted by atomic mass is 16.2. The van der Waals surface area contributed by atoms with E-state index < -0.39 is 0 Å². The van der Waals surface area contributed by atoms with Gasteiger partial charge in [0.05, 0.1) is 11.5 Å². The molecule has 1 heterocycles. The fraction of sp³-hybridized carbons (Fsp3) is 0.562. The van der Waals surface area contributed by atoms with Crippen LogP contribution in [0, 0.1) is 5.41 Å². The molecule has 0 aromatic heterocycles. The van der Waals surface area contributed by atoms with Gasteiger partial charge < -0.3 is 10.6 Å². The molecule has 1 aromatic carbocycles. The van der Waals surface area contributed by atoms with E-state index in [0.29, 0.717) is 0 Å². The van der Waals surface area contributed by atoms with Gasteiger partial charge in [-0.15, -0.1) is 0 Å². The molecule has 2 N–H and O–H groups in total. The molecule has 0 radical (unpaired) electrons. The molecule has 19 heavy (non-hydrogen) atoms. The molecule has 1 aliphatic rings.